The van der Waals surface area contributed by atoms with Gasteiger partial charge in [-0.1, -0.05) is 30.3 Å². The van der Waals surface area contributed by atoms with Gasteiger partial charge in [0.25, 0.3) is 0 Å². The van der Waals surface area contributed by atoms with Crippen LogP contribution in [0, 0.1) is 0 Å². The van der Waals surface area contributed by atoms with Gasteiger partial charge in [-0.3, -0.25) is 5.10 Å². The lowest BCUT2D eigenvalue weighted by molar-refractivity contribution is 0.158. The van der Waals surface area contributed by atoms with Crippen LogP contribution >= 0.6 is 0 Å². The number of benzene rings is 1. The molecule has 6 heteroatoms. The molecular weight excluding hydrogens is 266 g/mol. The van der Waals surface area contributed by atoms with Crippen LogP contribution < -0.4 is 5.32 Å². The minimum Gasteiger partial charge on any atom is -0.391 e. The topological polar surface area (TPSA) is 86.7 Å². The summed E-state index contributed by atoms with van der Waals surface area (Å²) in [4.78, 5) is 8.31. The van der Waals surface area contributed by atoms with Gasteiger partial charge in [0.2, 0.25) is 0 Å². The average Bonchev–Trinajstić information content (AvgIpc) is 2.98. The first kappa shape index (κ1) is 13.5. The maximum Gasteiger partial charge on any atom is 0.160 e. The van der Waals surface area contributed by atoms with Gasteiger partial charge >= 0.3 is 0 Å². The number of rotatable bonds is 5. The van der Waals surface area contributed by atoms with Crippen LogP contribution in [0.1, 0.15) is 12.5 Å². The van der Waals surface area contributed by atoms with Crippen LogP contribution in [-0.2, 0) is 6.42 Å². The first-order valence-corrected chi connectivity index (χ1v) is 6.86. The lowest BCUT2D eigenvalue weighted by Crippen LogP contribution is -2.32. The van der Waals surface area contributed by atoms with Gasteiger partial charge in [-0.15, -0.1) is 0 Å². The Morgan fingerprint density at radius 3 is 2.86 bits per heavy atom. The minimum absolute atomic E-state index is 0.141. The number of anilines is 1. The molecule has 2 unspecified atom stereocenters. The minimum atomic E-state index is -0.510. The zero-order chi connectivity index (χ0) is 14.7. The number of H-pyrrole nitrogens is 1. The number of hydrogen-bond donors (Lipinski definition) is 3. The SMILES string of the molecule is CC(Nc1ncnc2[nH]ncc12)C(O)Cc1ccccc1. The van der Waals surface area contributed by atoms with Crippen molar-refractivity contribution in [1.29, 1.82) is 0 Å². The lowest BCUT2D eigenvalue weighted by Gasteiger charge is -2.21. The Kier molecular flexibility index (Phi) is 3.79. The van der Waals surface area contributed by atoms with E-state index in [9.17, 15) is 5.11 Å². The molecule has 2 aromatic heterocycles. The molecule has 0 amide bonds. The van der Waals surface area contributed by atoms with Crippen molar-refractivity contribution in [3.63, 3.8) is 0 Å². The van der Waals surface area contributed by atoms with Gasteiger partial charge in [-0.05, 0) is 12.5 Å². The highest BCUT2D eigenvalue weighted by Gasteiger charge is 2.16. The maximum absolute atomic E-state index is 10.3. The molecule has 0 fully saturated rings. The van der Waals surface area contributed by atoms with Crippen LogP contribution in [0.2, 0.25) is 0 Å². The molecule has 0 radical (unpaired) electrons. The number of hydrogen-bond acceptors (Lipinski definition) is 5. The van der Waals surface area contributed by atoms with Crippen molar-refractivity contribution >= 4 is 16.9 Å². The summed E-state index contributed by atoms with van der Waals surface area (Å²) in [6, 6.07) is 9.79. The molecule has 0 aliphatic carbocycles. The molecule has 2 atom stereocenters. The Labute approximate surface area is 122 Å². The van der Waals surface area contributed by atoms with Gasteiger partial charge in [-0.2, -0.15) is 5.10 Å². The second-order valence-electron chi connectivity index (χ2n) is 5.04. The van der Waals surface area contributed by atoms with Crippen molar-refractivity contribution in [2.75, 3.05) is 5.32 Å². The standard InChI is InChI=1S/C15H17N5O/c1-10(13(21)7-11-5-3-2-4-6-11)19-14-12-8-18-20-15(12)17-9-16-14/h2-6,8-10,13,21H,7H2,1H3,(H2,16,17,18,19,20). The number of nitrogens with one attached hydrogen (secondary N) is 2. The van der Waals surface area contributed by atoms with Crippen LogP contribution in [-0.4, -0.2) is 37.4 Å². The third-order valence-electron chi connectivity index (χ3n) is 3.48. The summed E-state index contributed by atoms with van der Waals surface area (Å²) in [6.07, 6.45) is 3.23. The predicted molar refractivity (Wildman–Crippen MR) is 80.9 cm³/mol. The van der Waals surface area contributed by atoms with Gasteiger partial charge in [0.1, 0.15) is 12.1 Å². The fourth-order valence-corrected chi connectivity index (χ4v) is 2.22. The molecule has 6 nitrogen and oxygen atoms in total. The van der Waals surface area contributed by atoms with Crippen LogP contribution in [0.15, 0.2) is 42.9 Å². The van der Waals surface area contributed by atoms with E-state index < -0.39 is 6.10 Å². The van der Waals surface area contributed by atoms with Crippen LogP contribution in [0.25, 0.3) is 11.0 Å². The Morgan fingerprint density at radius 1 is 1.24 bits per heavy atom. The molecule has 0 saturated heterocycles. The molecule has 1 aromatic carbocycles. The van der Waals surface area contributed by atoms with Crippen molar-refractivity contribution in [2.45, 2.75) is 25.5 Å². The van der Waals surface area contributed by atoms with Crippen molar-refractivity contribution in [3.8, 4) is 0 Å². The summed E-state index contributed by atoms with van der Waals surface area (Å²) in [5.74, 6) is 0.674. The van der Waals surface area contributed by atoms with Gasteiger partial charge in [-0.25, -0.2) is 9.97 Å². The molecule has 0 saturated carbocycles. The number of aromatic nitrogens is 4. The van der Waals surface area contributed by atoms with E-state index in [1.807, 2.05) is 37.3 Å². The first-order chi connectivity index (χ1) is 10.2. The first-order valence-electron chi connectivity index (χ1n) is 6.86. The Hall–Kier alpha value is -2.47. The third kappa shape index (κ3) is 3.00. The van der Waals surface area contributed by atoms with Crippen molar-refractivity contribution in [2.24, 2.45) is 0 Å². The van der Waals surface area contributed by atoms with E-state index >= 15 is 0 Å². The van der Waals surface area contributed by atoms with Gasteiger partial charge in [0.05, 0.1) is 23.7 Å². The van der Waals surface area contributed by atoms with E-state index in [1.165, 1.54) is 6.33 Å². The Balaban J connectivity index is 1.71. The normalized spacial score (nSPS) is 14.0. The van der Waals surface area contributed by atoms with E-state index in [2.05, 4.69) is 25.5 Å². The molecule has 0 spiro atoms. The van der Waals surface area contributed by atoms with E-state index in [0.29, 0.717) is 17.9 Å². The summed E-state index contributed by atoms with van der Waals surface area (Å²) in [5, 5.41) is 21.1. The lowest BCUT2D eigenvalue weighted by atomic mass is 10.0. The Bertz CT molecular complexity index is 712. The second-order valence-corrected chi connectivity index (χ2v) is 5.04. The zero-order valence-corrected chi connectivity index (χ0v) is 11.7. The highest BCUT2D eigenvalue weighted by Crippen LogP contribution is 2.18. The van der Waals surface area contributed by atoms with E-state index in [4.69, 9.17) is 0 Å². The predicted octanol–water partition coefficient (Wildman–Crippen LogP) is 1.76. The fraction of sp³-hybridized carbons (Fsp3) is 0.267. The maximum atomic E-state index is 10.3. The van der Waals surface area contributed by atoms with E-state index in [0.717, 1.165) is 10.9 Å². The number of aliphatic hydroxyl groups is 1. The summed E-state index contributed by atoms with van der Waals surface area (Å²) < 4.78 is 0. The summed E-state index contributed by atoms with van der Waals surface area (Å²) in [6.45, 7) is 1.93. The molecule has 21 heavy (non-hydrogen) atoms. The van der Waals surface area contributed by atoms with Crippen molar-refractivity contribution < 1.29 is 5.11 Å². The van der Waals surface area contributed by atoms with E-state index in [-0.39, 0.29) is 6.04 Å². The smallest absolute Gasteiger partial charge is 0.160 e. The molecule has 2 heterocycles. The molecule has 0 bridgehead atoms. The summed E-state index contributed by atoms with van der Waals surface area (Å²) in [7, 11) is 0. The highest BCUT2D eigenvalue weighted by atomic mass is 16.3. The second kappa shape index (κ2) is 5.88. The number of aromatic amines is 1. The molecule has 3 rings (SSSR count). The molecule has 3 N–H and O–H groups in total. The fourth-order valence-electron chi connectivity index (χ4n) is 2.22. The average molecular weight is 283 g/mol. The molecule has 3 aromatic rings. The van der Waals surface area contributed by atoms with Gasteiger partial charge in [0, 0.05) is 6.42 Å². The molecule has 0 aliphatic rings. The van der Waals surface area contributed by atoms with Crippen LogP contribution in [0.3, 0.4) is 0 Å². The Morgan fingerprint density at radius 2 is 2.05 bits per heavy atom. The monoisotopic (exact) mass is 283 g/mol. The summed E-state index contributed by atoms with van der Waals surface area (Å²) in [5.41, 5.74) is 1.78. The largest absolute Gasteiger partial charge is 0.391 e. The van der Waals surface area contributed by atoms with E-state index in [1.54, 1.807) is 6.20 Å². The van der Waals surface area contributed by atoms with Crippen LogP contribution in [0.4, 0.5) is 5.82 Å². The van der Waals surface area contributed by atoms with Gasteiger partial charge < -0.3 is 10.4 Å². The van der Waals surface area contributed by atoms with Crippen molar-refractivity contribution in [1.82, 2.24) is 20.2 Å². The van der Waals surface area contributed by atoms with Crippen molar-refractivity contribution in [3.05, 3.63) is 48.4 Å². The van der Waals surface area contributed by atoms with Gasteiger partial charge in [0.15, 0.2) is 5.65 Å². The molecule has 0 aliphatic heterocycles. The zero-order valence-electron chi connectivity index (χ0n) is 11.7. The molecular formula is C15H17N5O. The highest BCUT2D eigenvalue weighted by molar-refractivity contribution is 5.85. The molecule has 108 valence electrons. The number of nitrogens with zero attached hydrogens (tertiary/aromatic N) is 3. The quantitative estimate of drug-likeness (QED) is 0.664. The number of fused-ring (bicyclic) bond motifs is 1. The number of aliphatic hydroxyl groups excluding tert-OH is 1. The summed E-state index contributed by atoms with van der Waals surface area (Å²) >= 11 is 0. The third-order valence-corrected chi connectivity index (χ3v) is 3.48. The van der Waals surface area contributed by atoms with Crippen LogP contribution in [0.5, 0.6) is 0 Å².